The van der Waals surface area contributed by atoms with E-state index in [1.807, 2.05) is 30.5 Å². The molecule has 2 nitrogen and oxygen atoms in total. The van der Waals surface area contributed by atoms with Crippen molar-refractivity contribution in [1.29, 1.82) is 0 Å². The molecule has 0 aliphatic rings. The molecule has 0 amide bonds. The molecule has 0 saturated carbocycles. The van der Waals surface area contributed by atoms with E-state index in [-0.39, 0.29) is 0 Å². The van der Waals surface area contributed by atoms with E-state index in [1.165, 1.54) is 5.56 Å². The average Bonchev–Trinajstić information content (AvgIpc) is 2.67. The van der Waals surface area contributed by atoms with E-state index in [2.05, 4.69) is 17.1 Å². The molecule has 0 aliphatic heterocycles. The maximum atomic E-state index is 5.61. The molecular formula is C11H12N2. The monoisotopic (exact) mass is 172 g/mol. The summed E-state index contributed by atoms with van der Waals surface area (Å²) in [6.07, 6.45) is 1.92. The van der Waals surface area contributed by atoms with Crippen LogP contribution < -0.4 is 5.73 Å². The normalized spacial score (nSPS) is 10.2. The van der Waals surface area contributed by atoms with Gasteiger partial charge in [0.15, 0.2) is 0 Å². The molecule has 66 valence electrons. The Morgan fingerprint density at radius 2 is 1.85 bits per heavy atom. The van der Waals surface area contributed by atoms with Crippen LogP contribution in [0.4, 0.5) is 0 Å². The van der Waals surface area contributed by atoms with Gasteiger partial charge in [0.25, 0.3) is 0 Å². The Hall–Kier alpha value is -1.54. The van der Waals surface area contributed by atoms with Crippen LogP contribution in [0.1, 0.15) is 5.56 Å². The molecule has 0 atom stereocenters. The van der Waals surface area contributed by atoms with Crippen molar-refractivity contribution in [3.63, 3.8) is 0 Å². The van der Waals surface area contributed by atoms with Crippen molar-refractivity contribution in [3.05, 3.63) is 48.2 Å². The SMILES string of the molecule is NCc1cc[nH]c1-c1ccccc1. The van der Waals surface area contributed by atoms with Gasteiger partial charge in [0, 0.05) is 18.4 Å². The first-order chi connectivity index (χ1) is 6.42. The number of hydrogen-bond donors (Lipinski definition) is 2. The van der Waals surface area contributed by atoms with Crippen LogP contribution in [-0.4, -0.2) is 4.98 Å². The average molecular weight is 172 g/mol. The van der Waals surface area contributed by atoms with Crippen molar-refractivity contribution < 1.29 is 0 Å². The van der Waals surface area contributed by atoms with Crippen molar-refractivity contribution in [2.45, 2.75) is 6.54 Å². The predicted octanol–water partition coefficient (Wildman–Crippen LogP) is 2.14. The van der Waals surface area contributed by atoms with Gasteiger partial charge in [-0.25, -0.2) is 0 Å². The van der Waals surface area contributed by atoms with Crippen LogP contribution in [-0.2, 0) is 6.54 Å². The summed E-state index contributed by atoms with van der Waals surface area (Å²) in [4.78, 5) is 3.19. The number of nitrogens with one attached hydrogen (secondary N) is 1. The summed E-state index contributed by atoms with van der Waals surface area (Å²) < 4.78 is 0. The molecule has 0 unspecified atom stereocenters. The summed E-state index contributed by atoms with van der Waals surface area (Å²) in [5.74, 6) is 0. The third-order valence-electron chi connectivity index (χ3n) is 2.12. The fraction of sp³-hybridized carbons (Fsp3) is 0.0909. The number of H-pyrrole nitrogens is 1. The summed E-state index contributed by atoms with van der Waals surface area (Å²) in [6.45, 7) is 0.577. The van der Waals surface area contributed by atoms with Crippen LogP contribution in [0.25, 0.3) is 11.3 Å². The lowest BCUT2D eigenvalue weighted by Crippen LogP contribution is -1.96. The first kappa shape index (κ1) is 8.08. The molecule has 2 heteroatoms. The first-order valence-corrected chi connectivity index (χ1v) is 4.33. The first-order valence-electron chi connectivity index (χ1n) is 4.33. The van der Waals surface area contributed by atoms with Gasteiger partial charge in [-0.1, -0.05) is 30.3 Å². The fourth-order valence-corrected chi connectivity index (χ4v) is 1.45. The highest BCUT2D eigenvalue weighted by atomic mass is 14.7. The predicted molar refractivity (Wildman–Crippen MR) is 54.1 cm³/mol. The minimum absolute atomic E-state index is 0.577. The zero-order valence-electron chi connectivity index (χ0n) is 7.33. The van der Waals surface area contributed by atoms with Gasteiger partial charge in [-0.15, -0.1) is 0 Å². The van der Waals surface area contributed by atoms with Gasteiger partial charge in [0.2, 0.25) is 0 Å². The number of aromatic amines is 1. The molecule has 2 rings (SSSR count). The Morgan fingerprint density at radius 3 is 2.54 bits per heavy atom. The van der Waals surface area contributed by atoms with E-state index >= 15 is 0 Å². The van der Waals surface area contributed by atoms with Gasteiger partial charge in [-0.05, 0) is 17.2 Å². The van der Waals surface area contributed by atoms with Gasteiger partial charge in [-0.3, -0.25) is 0 Å². The van der Waals surface area contributed by atoms with Crippen molar-refractivity contribution >= 4 is 0 Å². The summed E-state index contributed by atoms with van der Waals surface area (Å²) >= 11 is 0. The van der Waals surface area contributed by atoms with Crippen molar-refractivity contribution in [2.24, 2.45) is 5.73 Å². The lowest BCUT2D eigenvalue weighted by Gasteiger charge is -2.00. The molecule has 1 aromatic carbocycles. The summed E-state index contributed by atoms with van der Waals surface area (Å²) in [7, 11) is 0. The van der Waals surface area contributed by atoms with Crippen molar-refractivity contribution in [2.75, 3.05) is 0 Å². The maximum absolute atomic E-state index is 5.61. The lowest BCUT2D eigenvalue weighted by molar-refractivity contribution is 1.08. The van der Waals surface area contributed by atoms with E-state index in [9.17, 15) is 0 Å². The van der Waals surface area contributed by atoms with E-state index in [0.29, 0.717) is 6.54 Å². The van der Waals surface area contributed by atoms with Crippen LogP contribution in [0.3, 0.4) is 0 Å². The van der Waals surface area contributed by atoms with Gasteiger partial charge in [0.1, 0.15) is 0 Å². The van der Waals surface area contributed by atoms with Crippen LogP contribution >= 0.6 is 0 Å². The standard InChI is InChI=1S/C11H12N2/c12-8-10-6-7-13-11(10)9-4-2-1-3-5-9/h1-7,13H,8,12H2. The largest absolute Gasteiger partial charge is 0.361 e. The number of nitrogens with two attached hydrogens (primary N) is 1. The third kappa shape index (κ3) is 1.48. The summed E-state index contributed by atoms with van der Waals surface area (Å²) in [6, 6.07) is 12.2. The minimum atomic E-state index is 0.577. The Labute approximate surface area is 77.4 Å². The third-order valence-corrected chi connectivity index (χ3v) is 2.12. The molecule has 0 fully saturated rings. The molecular weight excluding hydrogens is 160 g/mol. The highest BCUT2D eigenvalue weighted by Crippen LogP contribution is 2.20. The van der Waals surface area contributed by atoms with E-state index < -0.39 is 0 Å². The fourth-order valence-electron chi connectivity index (χ4n) is 1.45. The number of hydrogen-bond acceptors (Lipinski definition) is 1. The molecule has 2 aromatic rings. The van der Waals surface area contributed by atoms with Crippen molar-refractivity contribution in [1.82, 2.24) is 4.98 Å². The number of rotatable bonds is 2. The second-order valence-electron chi connectivity index (χ2n) is 2.95. The van der Waals surface area contributed by atoms with Crippen LogP contribution in [0.5, 0.6) is 0 Å². The number of benzene rings is 1. The molecule has 0 radical (unpaired) electrons. The van der Waals surface area contributed by atoms with E-state index in [4.69, 9.17) is 5.73 Å². The van der Waals surface area contributed by atoms with E-state index in [0.717, 1.165) is 11.3 Å². The molecule has 0 bridgehead atoms. The second kappa shape index (κ2) is 3.46. The van der Waals surface area contributed by atoms with Crippen molar-refractivity contribution in [3.8, 4) is 11.3 Å². The molecule has 1 aromatic heterocycles. The van der Waals surface area contributed by atoms with Gasteiger partial charge >= 0.3 is 0 Å². The quantitative estimate of drug-likeness (QED) is 0.716. The molecule has 3 N–H and O–H groups in total. The van der Waals surface area contributed by atoms with Crippen LogP contribution in [0.2, 0.25) is 0 Å². The molecule has 13 heavy (non-hydrogen) atoms. The van der Waals surface area contributed by atoms with Gasteiger partial charge in [-0.2, -0.15) is 0 Å². The highest BCUT2D eigenvalue weighted by Gasteiger charge is 2.02. The Kier molecular flexibility index (Phi) is 2.15. The number of aromatic nitrogens is 1. The Morgan fingerprint density at radius 1 is 1.08 bits per heavy atom. The maximum Gasteiger partial charge on any atom is 0.0499 e. The summed E-state index contributed by atoms with van der Waals surface area (Å²) in [5.41, 5.74) is 9.09. The lowest BCUT2D eigenvalue weighted by atomic mass is 10.1. The Balaban J connectivity index is 2.47. The van der Waals surface area contributed by atoms with E-state index in [1.54, 1.807) is 0 Å². The zero-order valence-corrected chi connectivity index (χ0v) is 7.33. The molecule has 1 heterocycles. The topological polar surface area (TPSA) is 41.8 Å². The van der Waals surface area contributed by atoms with Crippen LogP contribution in [0.15, 0.2) is 42.6 Å². The molecule has 0 aliphatic carbocycles. The Bertz CT molecular complexity index is 376. The van der Waals surface area contributed by atoms with Gasteiger partial charge in [0.05, 0.1) is 0 Å². The second-order valence-corrected chi connectivity index (χ2v) is 2.95. The van der Waals surface area contributed by atoms with Crippen LogP contribution in [0, 0.1) is 0 Å². The minimum Gasteiger partial charge on any atom is -0.361 e. The molecule has 0 spiro atoms. The molecule has 0 saturated heterocycles. The highest BCUT2D eigenvalue weighted by molar-refractivity contribution is 5.63. The van der Waals surface area contributed by atoms with Gasteiger partial charge < -0.3 is 10.7 Å². The smallest absolute Gasteiger partial charge is 0.0499 e. The summed E-state index contributed by atoms with van der Waals surface area (Å²) in [5, 5.41) is 0. The zero-order chi connectivity index (χ0) is 9.10.